The summed E-state index contributed by atoms with van der Waals surface area (Å²) >= 11 is 1.88. The number of hydrogen-bond acceptors (Lipinski definition) is 3. The summed E-state index contributed by atoms with van der Waals surface area (Å²) in [6, 6.07) is -0.282. The molecule has 17 heavy (non-hydrogen) atoms. The predicted octanol–water partition coefficient (Wildman–Crippen LogP) is 2.25. The molecule has 1 fully saturated rings. The zero-order valence-corrected chi connectivity index (χ0v) is 12.0. The highest BCUT2D eigenvalue weighted by Gasteiger charge is 2.24. The van der Waals surface area contributed by atoms with Gasteiger partial charge in [-0.1, -0.05) is 26.2 Å². The predicted molar refractivity (Wildman–Crippen MR) is 75.2 cm³/mol. The molecular formula is C13H26N2OS. The Hall–Kier alpha value is -0.220. The third-order valence-corrected chi connectivity index (χ3v) is 4.51. The Bertz CT molecular complexity index is 235. The smallest absolute Gasteiger partial charge is 0.239 e. The van der Waals surface area contributed by atoms with Crippen molar-refractivity contribution in [3.63, 3.8) is 0 Å². The molecule has 0 aromatic carbocycles. The first-order valence-corrected chi connectivity index (χ1v) is 8.05. The summed E-state index contributed by atoms with van der Waals surface area (Å²) in [5.74, 6) is 0.166. The zero-order valence-electron chi connectivity index (χ0n) is 11.2. The van der Waals surface area contributed by atoms with Crippen LogP contribution >= 0.6 is 11.8 Å². The van der Waals surface area contributed by atoms with E-state index in [1.165, 1.54) is 12.8 Å². The van der Waals surface area contributed by atoms with Crippen molar-refractivity contribution in [3.05, 3.63) is 0 Å². The summed E-state index contributed by atoms with van der Waals surface area (Å²) in [5.41, 5.74) is 5.97. The summed E-state index contributed by atoms with van der Waals surface area (Å²) in [7, 11) is 0. The summed E-state index contributed by atoms with van der Waals surface area (Å²) in [4.78, 5) is 14.2. The van der Waals surface area contributed by atoms with E-state index in [0.717, 1.165) is 38.8 Å². The van der Waals surface area contributed by atoms with Gasteiger partial charge in [0.1, 0.15) is 0 Å². The van der Waals surface area contributed by atoms with Crippen LogP contribution in [-0.4, -0.2) is 41.4 Å². The summed E-state index contributed by atoms with van der Waals surface area (Å²) in [6.07, 6.45) is 8.71. The van der Waals surface area contributed by atoms with Crippen LogP contribution in [0, 0.1) is 0 Å². The van der Waals surface area contributed by atoms with Gasteiger partial charge in [-0.25, -0.2) is 0 Å². The minimum Gasteiger partial charge on any atom is -0.340 e. The second kappa shape index (κ2) is 7.98. The first-order chi connectivity index (χ1) is 8.19. The molecule has 1 saturated heterocycles. The standard InChI is InChI=1S/C13H26N2OS/c1-3-4-8-12(14)13(16)15-9-6-5-7-11(10-15)17-2/h11-12H,3-10,14H2,1-2H3/t11-,12+/m1/s1. The molecule has 0 aliphatic carbocycles. The van der Waals surface area contributed by atoms with Crippen molar-refractivity contribution in [2.75, 3.05) is 19.3 Å². The van der Waals surface area contributed by atoms with E-state index in [4.69, 9.17) is 5.73 Å². The Morgan fingerprint density at radius 1 is 1.53 bits per heavy atom. The summed E-state index contributed by atoms with van der Waals surface area (Å²) in [6.45, 7) is 3.92. The molecule has 1 rings (SSSR count). The Morgan fingerprint density at radius 3 is 2.94 bits per heavy atom. The molecule has 0 aromatic heterocycles. The lowest BCUT2D eigenvalue weighted by Crippen LogP contribution is -2.45. The van der Waals surface area contributed by atoms with E-state index in [1.54, 1.807) is 0 Å². The Labute approximate surface area is 109 Å². The van der Waals surface area contributed by atoms with Gasteiger partial charge in [0.25, 0.3) is 0 Å². The Balaban J connectivity index is 2.48. The first kappa shape index (κ1) is 14.8. The number of hydrogen-bond donors (Lipinski definition) is 1. The van der Waals surface area contributed by atoms with Crippen LogP contribution in [0.4, 0.5) is 0 Å². The van der Waals surface area contributed by atoms with Crippen molar-refractivity contribution in [2.45, 2.75) is 56.7 Å². The number of rotatable bonds is 5. The van der Waals surface area contributed by atoms with Gasteiger partial charge >= 0.3 is 0 Å². The lowest BCUT2D eigenvalue weighted by atomic mass is 10.1. The van der Waals surface area contributed by atoms with Crippen molar-refractivity contribution < 1.29 is 4.79 Å². The van der Waals surface area contributed by atoms with Gasteiger partial charge in [0.05, 0.1) is 6.04 Å². The molecule has 2 N–H and O–H groups in total. The maximum atomic E-state index is 12.2. The molecule has 0 aromatic rings. The molecule has 3 nitrogen and oxygen atoms in total. The highest BCUT2D eigenvalue weighted by atomic mass is 32.2. The summed E-state index contributed by atoms with van der Waals surface area (Å²) < 4.78 is 0. The van der Waals surface area contributed by atoms with E-state index >= 15 is 0 Å². The van der Waals surface area contributed by atoms with Gasteiger partial charge in [-0.3, -0.25) is 4.79 Å². The van der Waals surface area contributed by atoms with Crippen LogP contribution < -0.4 is 5.73 Å². The van der Waals surface area contributed by atoms with Crippen molar-refractivity contribution in [2.24, 2.45) is 5.73 Å². The van der Waals surface area contributed by atoms with Crippen LogP contribution in [0.3, 0.4) is 0 Å². The number of amides is 1. The molecule has 0 spiro atoms. The number of thioether (sulfide) groups is 1. The lowest BCUT2D eigenvalue weighted by Gasteiger charge is -2.26. The highest BCUT2D eigenvalue weighted by molar-refractivity contribution is 7.99. The van der Waals surface area contributed by atoms with Crippen LogP contribution in [0.1, 0.15) is 45.4 Å². The number of carbonyl (C=O) groups is 1. The van der Waals surface area contributed by atoms with Crippen molar-refractivity contribution in [1.29, 1.82) is 0 Å². The average molecular weight is 258 g/mol. The second-order valence-corrected chi connectivity index (χ2v) is 6.02. The van der Waals surface area contributed by atoms with Gasteiger partial charge < -0.3 is 10.6 Å². The average Bonchev–Trinajstić information content (AvgIpc) is 2.60. The van der Waals surface area contributed by atoms with E-state index in [2.05, 4.69) is 13.2 Å². The molecule has 2 atom stereocenters. The molecule has 0 unspecified atom stereocenters. The van der Waals surface area contributed by atoms with Crippen LogP contribution in [-0.2, 0) is 4.79 Å². The minimum atomic E-state index is -0.282. The monoisotopic (exact) mass is 258 g/mol. The SMILES string of the molecule is CCCC[C@H](N)C(=O)N1CCCC[C@@H](SC)C1. The molecule has 1 heterocycles. The Kier molecular flexibility index (Phi) is 6.97. The van der Waals surface area contributed by atoms with E-state index in [9.17, 15) is 4.79 Å². The van der Waals surface area contributed by atoms with Gasteiger partial charge in [-0.05, 0) is 25.5 Å². The maximum absolute atomic E-state index is 12.2. The third kappa shape index (κ3) is 4.88. The maximum Gasteiger partial charge on any atom is 0.239 e. The van der Waals surface area contributed by atoms with Crippen LogP contribution in [0.25, 0.3) is 0 Å². The highest BCUT2D eigenvalue weighted by Crippen LogP contribution is 2.20. The normalized spacial score (nSPS) is 23.2. The number of nitrogens with two attached hydrogens (primary N) is 1. The fourth-order valence-corrected chi connectivity index (χ4v) is 3.01. The number of unbranched alkanes of at least 4 members (excludes halogenated alkanes) is 1. The van der Waals surface area contributed by atoms with E-state index in [1.807, 2.05) is 16.7 Å². The van der Waals surface area contributed by atoms with Crippen LogP contribution in [0.2, 0.25) is 0 Å². The molecule has 0 saturated carbocycles. The third-order valence-electron chi connectivity index (χ3n) is 3.46. The van der Waals surface area contributed by atoms with Gasteiger partial charge in [-0.15, -0.1) is 0 Å². The first-order valence-electron chi connectivity index (χ1n) is 6.76. The number of nitrogens with zero attached hydrogens (tertiary/aromatic N) is 1. The largest absolute Gasteiger partial charge is 0.340 e. The summed E-state index contributed by atoms with van der Waals surface area (Å²) in [5, 5.41) is 0.597. The molecule has 0 bridgehead atoms. The van der Waals surface area contributed by atoms with E-state index in [0.29, 0.717) is 5.25 Å². The molecule has 100 valence electrons. The molecular weight excluding hydrogens is 232 g/mol. The second-order valence-electron chi connectivity index (χ2n) is 4.89. The lowest BCUT2D eigenvalue weighted by molar-refractivity contribution is -0.132. The zero-order chi connectivity index (χ0) is 12.7. The molecule has 1 aliphatic heterocycles. The van der Waals surface area contributed by atoms with Gasteiger partial charge in [-0.2, -0.15) is 11.8 Å². The minimum absolute atomic E-state index is 0.166. The van der Waals surface area contributed by atoms with Crippen molar-refractivity contribution in [1.82, 2.24) is 4.90 Å². The fourth-order valence-electron chi connectivity index (χ4n) is 2.28. The molecule has 0 radical (unpaired) electrons. The van der Waals surface area contributed by atoms with Crippen molar-refractivity contribution in [3.8, 4) is 0 Å². The molecule has 4 heteroatoms. The Morgan fingerprint density at radius 2 is 2.29 bits per heavy atom. The van der Waals surface area contributed by atoms with Gasteiger partial charge in [0, 0.05) is 18.3 Å². The quantitative estimate of drug-likeness (QED) is 0.822. The van der Waals surface area contributed by atoms with Gasteiger partial charge in [0.2, 0.25) is 5.91 Å². The van der Waals surface area contributed by atoms with E-state index < -0.39 is 0 Å². The topological polar surface area (TPSA) is 46.3 Å². The van der Waals surface area contributed by atoms with E-state index in [-0.39, 0.29) is 11.9 Å². The number of likely N-dealkylation sites (tertiary alicyclic amines) is 1. The van der Waals surface area contributed by atoms with Crippen LogP contribution in [0.5, 0.6) is 0 Å². The van der Waals surface area contributed by atoms with Crippen molar-refractivity contribution >= 4 is 17.7 Å². The molecule has 1 aliphatic rings. The molecule has 1 amide bonds. The van der Waals surface area contributed by atoms with Crippen LogP contribution in [0.15, 0.2) is 0 Å². The fraction of sp³-hybridized carbons (Fsp3) is 0.923. The number of carbonyl (C=O) groups excluding carboxylic acids is 1. The van der Waals surface area contributed by atoms with Gasteiger partial charge in [0.15, 0.2) is 0 Å².